The van der Waals surface area contributed by atoms with Crippen LogP contribution in [-0.4, -0.2) is 55.6 Å². The second-order valence-corrected chi connectivity index (χ2v) is 7.93. The zero-order valence-corrected chi connectivity index (χ0v) is 13.1. The molecule has 23 heavy (non-hydrogen) atoms. The van der Waals surface area contributed by atoms with Crippen molar-refractivity contribution in [2.75, 3.05) is 6.61 Å². The van der Waals surface area contributed by atoms with Gasteiger partial charge >= 0.3 is 132 Å². The Morgan fingerprint density at radius 2 is 2.04 bits per heavy atom. The van der Waals surface area contributed by atoms with Crippen LogP contribution in [0.3, 0.4) is 0 Å². The van der Waals surface area contributed by atoms with Crippen molar-refractivity contribution in [1.82, 2.24) is 4.98 Å². The standard InChI is InChI=1S/C13H20N2O7P/c14-13(11(17)9(16)7-20-13)12(18)23(19)21-6-3-10(22-23)8-1-4-15-5-2-8/h1-2,4-5,7,9-12,16-19,23H,3,6,14H2/t9-,10+,11+,12?,13+/m1/s1. The van der Waals surface area contributed by atoms with E-state index in [1.165, 1.54) is 0 Å². The number of nitrogens with two attached hydrogens (primary N) is 1. The van der Waals surface area contributed by atoms with Gasteiger partial charge in [-0.05, 0) is 0 Å². The molecule has 2 aliphatic rings. The Kier molecular flexibility index (Phi) is 4.67. The van der Waals surface area contributed by atoms with E-state index in [1.54, 1.807) is 24.5 Å². The molecule has 1 radical (unpaired) electrons. The third-order valence-corrected chi connectivity index (χ3v) is 6.43. The van der Waals surface area contributed by atoms with Gasteiger partial charge in [0.2, 0.25) is 0 Å². The quantitative estimate of drug-likeness (QED) is 0.431. The fourth-order valence-electron chi connectivity index (χ4n) is 2.68. The number of aliphatic hydroxyl groups is 3. The summed E-state index contributed by atoms with van der Waals surface area (Å²) in [6.45, 7) is 1.04. The Morgan fingerprint density at radius 1 is 1.35 bits per heavy atom. The number of aliphatic hydroxyl groups excluding tert-OH is 3. The van der Waals surface area contributed by atoms with Crippen LogP contribution in [0.15, 0.2) is 24.5 Å². The first kappa shape index (κ1) is 17.1. The molecular weight excluding hydrogens is 327 g/mol. The number of pyridine rings is 1. The van der Waals surface area contributed by atoms with Crippen molar-refractivity contribution < 1.29 is 34.0 Å². The molecule has 1 aromatic heterocycles. The number of rotatable bonds is 3. The maximum absolute atomic E-state index is 10.7. The fraction of sp³-hybridized carbons (Fsp3) is 0.538. The average Bonchev–Trinajstić information content (AvgIpc) is 2.84. The van der Waals surface area contributed by atoms with Crippen LogP contribution in [0.4, 0.5) is 0 Å². The molecule has 0 saturated carbocycles. The minimum atomic E-state index is -4.20. The van der Waals surface area contributed by atoms with Gasteiger partial charge in [0.05, 0.1) is 0 Å². The summed E-state index contributed by atoms with van der Waals surface area (Å²) in [5.74, 6) is -1.83. The fourth-order valence-corrected chi connectivity index (χ4v) is 4.91. The summed E-state index contributed by atoms with van der Waals surface area (Å²) in [4.78, 5) is 14.6. The van der Waals surface area contributed by atoms with Gasteiger partial charge in [-0.1, -0.05) is 0 Å². The molecule has 0 bridgehead atoms. The van der Waals surface area contributed by atoms with Crippen molar-refractivity contribution in [3.05, 3.63) is 36.7 Å². The van der Waals surface area contributed by atoms with Gasteiger partial charge in [0.25, 0.3) is 0 Å². The van der Waals surface area contributed by atoms with Gasteiger partial charge in [-0.3, -0.25) is 0 Å². The Bertz CT molecular complexity index is 552. The molecule has 2 fully saturated rings. The van der Waals surface area contributed by atoms with E-state index in [9.17, 15) is 20.2 Å². The molecule has 2 aliphatic heterocycles. The second-order valence-electron chi connectivity index (χ2n) is 5.60. The first-order valence-corrected chi connectivity index (χ1v) is 8.99. The summed E-state index contributed by atoms with van der Waals surface area (Å²) < 4.78 is 15.9. The number of ether oxygens (including phenoxy) is 1. The first-order valence-electron chi connectivity index (χ1n) is 7.15. The van der Waals surface area contributed by atoms with Gasteiger partial charge in [-0.15, -0.1) is 0 Å². The molecule has 10 heteroatoms. The van der Waals surface area contributed by atoms with Crippen LogP contribution in [0.5, 0.6) is 0 Å². The van der Waals surface area contributed by atoms with Crippen LogP contribution in [0.1, 0.15) is 18.1 Å². The molecule has 0 aromatic carbocycles. The van der Waals surface area contributed by atoms with Crippen LogP contribution < -0.4 is 5.73 Å². The molecule has 3 rings (SSSR count). The summed E-state index contributed by atoms with van der Waals surface area (Å²) >= 11 is 0. The normalized spacial score (nSPS) is 39.8. The van der Waals surface area contributed by atoms with Gasteiger partial charge in [0.1, 0.15) is 0 Å². The summed E-state index contributed by atoms with van der Waals surface area (Å²) in [5.41, 5.74) is 4.49. The van der Waals surface area contributed by atoms with Crippen molar-refractivity contribution >= 4 is 7.94 Å². The third kappa shape index (κ3) is 3.00. The molecule has 3 heterocycles. The predicted molar refractivity (Wildman–Crippen MR) is 79.5 cm³/mol. The van der Waals surface area contributed by atoms with Crippen LogP contribution >= 0.6 is 7.94 Å². The van der Waals surface area contributed by atoms with E-state index in [0.29, 0.717) is 6.42 Å². The van der Waals surface area contributed by atoms with E-state index in [1.807, 2.05) is 0 Å². The van der Waals surface area contributed by atoms with Gasteiger partial charge in [0.15, 0.2) is 0 Å². The zero-order chi connectivity index (χ0) is 16.7. The van der Waals surface area contributed by atoms with E-state index in [4.69, 9.17) is 19.5 Å². The molecule has 5 atom stereocenters. The minimum absolute atomic E-state index is 0.144. The summed E-state index contributed by atoms with van der Waals surface area (Å²) in [6, 6.07) is 3.46. The van der Waals surface area contributed by atoms with E-state index >= 15 is 0 Å². The Balaban J connectivity index is 1.80. The second kappa shape index (κ2) is 6.29. The van der Waals surface area contributed by atoms with Crippen molar-refractivity contribution in [3.8, 4) is 0 Å². The van der Waals surface area contributed by atoms with Gasteiger partial charge in [-0.25, -0.2) is 0 Å². The molecule has 2 saturated heterocycles. The van der Waals surface area contributed by atoms with Crippen LogP contribution in [0.25, 0.3) is 0 Å². The van der Waals surface area contributed by atoms with Crippen LogP contribution in [-0.2, 0) is 13.8 Å². The Hall–Kier alpha value is -0.740. The van der Waals surface area contributed by atoms with Gasteiger partial charge in [-0.2, -0.15) is 0 Å². The predicted octanol–water partition coefficient (Wildman–Crippen LogP) is -1.07. The number of nitrogens with zero attached hydrogens (tertiary/aromatic N) is 1. The Morgan fingerprint density at radius 3 is 2.65 bits per heavy atom. The topological polar surface area (TPSA) is 148 Å². The molecule has 0 amide bonds. The van der Waals surface area contributed by atoms with E-state index in [-0.39, 0.29) is 6.61 Å². The van der Waals surface area contributed by atoms with Crippen molar-refractivity contribution in [1.29, 1.82) is 0 Å². The third-order valence-electron chi connectivity index (χ3n) is 4.05. The average molecular weight is 347 g/mol. The van der Waals surface area contributed by atoms with Crippen molar-refractivity contribution in [3.63, 3.8) is 0 Å². The summed E-state index contributed by atoms with van der Waals surface area (Å²) in [6.07, 6.45) is 0.139. The maximum atomic E-state index is 10.7. The molecule has 6 N–H and O–H groups in total. The SMILES string of the molecule is N[C@]1(C(O)[PH]2(O)OCC[C@@H](c3ccncc3)O2)O[CH][C@@H](O)[C@@H]1O. The van der Waals surface area contributed by atoms with E-state index in [0.717, 1.165) is 12.2 Å². The number of hydrogen-bond acceptors (Lipinski definition) is 9. The van der Waals surface area contributed by atoms with Crippen LogP contribution in [0.2, 0.25) is 0 Å². The van der Waals surface area contributed by atoms with Gasteiger partial charge < -0.3 is 0 Å². The molecule has 0 spiro atoms. The molecule has 1 aromatic rings. The Labute approximate surface area is 133 Å². The molecule has 0 aliphatic carbocycles. The molecule has 1 unspecified atom stereocenters. The van der Waals surface area contributed by atoms with Gasteiger partial charge in [0, 0.05) is 0 Å². The molecule has 129 valence electrons. The molecular formula is C13H20N2O7P. The monoisotopic (exact) mass is 347 g/mol. The van der Waals surface area contributed by atoms with Crippen LogP contribution in [0, 0.1) is 6.61 Å². The molecule has 9 nitrogen and oxygen atoms in total. The first-order chi connectivity index (χ1) is 10.9. The van der Waals surface area contributed by atoms with Crippen molar-refractivity contribution in [2.24, 2.45) is 5.73 Å². The van der Waals surface area contributed by atoms with Crippen molar-refractivity contribution in [2.45, 2.75) is 36.3 Å². The zero-order valence-electron chi connectivity index (χ0n) is 12.1. The van der Waals surface area contributed by atoms with E-state index < -0.39 is 37.8 Å². The summed E-state index contributed by atoms with van der Waals surface area (Å²) in [5, 5.41) is 29.9. The summed E-state index contributed by atoms with van der Waals surface area (Å²) in [7, 11) is -4.20. The number of hydrogen-bond donors (Lipinski definition) is 5. The number of aromatic nitrogens is 1. The van der Waals surface area contributed by atoms with E-state index in [2.05, 4.69) is 4.98 Å².